The van der Waals surface area contributed by atoms with Gasteiger partial charge in [-0.2, -0.15) is 0 Å². The van der Waals surface area contributed by atoms with E-state index in [2.05, 4.69) is 0 Å². The van der Waals surface area contributed by atoms with Crippen LogP contribution in [-0.2, 0) is 6.42 Å². The summed E-state index contributed by atoms with van der Waals surface area (Å²) in [6.45, 7) is 1.94. The average molecular weight is 290 g/mol. The maximum absolute atomic E-state index is 13.6. The molecule has 2 aromatic rings. The molecule has 0 radical (unpaired) electrons. The Morgan fingerprint density at radius 3 is 2.38 bits per heavy atom. The summed E-state index contributed by atoms with van der Waals surface area (Å²) in [4.78, 5) is 0. The molecule has 0 aliphatic carbocycles. The number of benzene rings is 2. The topological polar surface area (TPSA) is 38.7 Å². The molecule has 0 aliphatic rings. The molecule has 1 N–H and O–H groups in total. The largest absolute Gasteiger partial charge is 0.496 e. The van der Waals surface area contributed by atoms with E-state index in [-0.39, 0.29) is 5.75 Å². The van der Waals surface area contributed by atoms with Gasteiger partial charge in [0.05, 0.1) is 20.3 Å². The van der Waals surface area contributed by atoms with Gasteiger partial charge in [-0.1, -0.05) is 18.2 Å². The van der Waals surface area contributed by atoms with Crippen molar-refractivity contribution >= 4 is 0 Å². The average Bonchev–Trinajstić information content (AvgIpc) is 2.48. The lowest BCUT2D eigenvalue weighted by Gasteiger charge is -2.14. The summed E-state index contributed by atoms with van der Waals surface area (Å²) in [6.07, 6.45) is -0.389. The van der Waals surface area contributed by atoms with Gasteiger partial charge in [0, 0.05) is 6.42 Å². The maximum Gasteiger partial charge on any atom is 0.165 e. The van der Waals surface area contributed by atoms with Crippen LogP contribution in [0.15, 0.2) is 36.4 Å². The summed E-state index contributed by atoms with van der Waals surface area (Å²) >= 11 is 0. The van der Waals surface area contributed by atoms with E-state index in [1.807, 2.05) is 19.1 Å². The lowest BCUT2D eigenvalue weighted by atomic mass is 10.00. The Balaban J connectivity index is 2.17. The summed E-state index contributed by atoms with van der Waals surface area (Å²) in [5.74, 6) is 0.501. The molecule has 112 valence electrons. The second-order valence-electron chi connectivity index (χ2n) is 4.92. The number of hydrogen-bond donors (Lipinski definition) is 1. The minimum absolute atomic E-state index is 0.199. The summed E-state index contributed by atoms with van der Waals surface area (Å²) < 4.78 is 23.8. The first-order valence-corrected chi connectivity index (χ1v) is 6.70. The van der Waals surface area contributed by atoms with Gasteiger partial charge in [-0.3, -0.25) is 0 Å². The molecule has 0 saturated heterocycles. The van der Waals surface area contributed by atoms with Crippen molar-refractivity contribution in [1.82, 2.24) is 0 Å². The predicted octanol–water partition coefficient (Wildman–Crippen LogP) is 3.43. The highest BCUT2D eigenvalue weighted by Crippen LogP contribution is 2.26. The zero-order chi connectivity index (χ0) is 15.4. The molecule has 3 nitrogen and oxygen atoms in total. The van der Waals surface area contributed by atoms with Gasteiger partial charge >= 0.3 is 0 Å². The third-order valence-corrected chi connectivity index (χ3v) is 3.46. The summed E-state index contributed by atoms with van der Waals surface area (Å²) in [7, 11) is 3.02. The number of aliphatic hydroxyl groups excluding tert-OH is 1. The van der Waals surface area contributed by atoms with Gasteiger partial charge < -0.3 is 14.6 Å². The smallest absolute Gasteiger partial charge is 0.165 e. The molecule has 21 heavy (non-hydrogen) atoms. The molecule has 0 bridgehead atoms. The molecule has 2 rings (SSSR count). The van der Waals surface area contributed by atoms with Crippen molar-refractivity contribution in [2.24, 2.45) is 0 Å². The van der Waals surface area contributed by atoms with Gasteiger partial charge in [0.1, 0.15) is 5.75 Å². The summed E-state index contributed by atoms with van der Waals surface area (Å²) in [5.41, 5.74) is 2.46. The first-order chi connectivity index (χ1) is 10.0. The zero-order valence-corrected chi connectivity index (χ0v) is 12.4. The van der Waals surface area contributed by atoms with Crippen molar-refractivity contribution in [2.75, 3.05) is 14.2 Å². The normalized spacial score (nSPS) is 12.0. The molecule has 1 atom stereocenters. The van der Waals surface area contributed by atoms with Crippen LogP contribution in [0.2, 0.25) is 0 Å². The summed E-state index contributed by atoms with van der Waals surface area (Å²) in [5, 5.41) is 10.3. The fourth-order valence-electron chi connectivity index (χ4n) is 2.22. The number of rotatable bonds is 5. The maximum atomic E-state index is 13.6. The Kier molecular flexibility index (Phi) is 4.81. The molecule has 0 aliphatic heterocycles. The van der Waals surface area contributed by atoms with Crippen molar-refractivity contribution < 1.29 is 19.0 Å². The lowest BCUT2D eigenvalue weighted by Crippen LogP contribution is -2.03. The van der Waals surface area contributed by atoms with Crippen LogP contribution >= 0.6 is 0 Å². The van der Waals surface area contributed by atoms with E-state index in [4.69, 9.17) is 9.47 Å². The first-order valence-electron chi connectivity index (χ1n) is 6.70. The monoisotopic (exact) mass is 290 g/mol. The minimum Gasteiger partial charge on any atom is -0.496 e. The predicted molar refractivity (Wildman–Crippen MR) is 79.3 cm³/mol. The molecular weight excluding hydrogens is 271 g/mol. The number of halogens is 1. The van der Waals surface area contributed by atoms with Crippen molar-refractivity contribution in [1.29, 1.82) is 0 Å². The van der Waals surface area contributed by atoms with Gasteiger partial charge in [0.25, 0.3) is 0 Å². The number of methoxy groups -OCH3 is 2. The van der Waals surface area contributed by atoms with Crippen molar-refractivity contribution in [3.8, 4) is 11.5 Å². The van der Waals surface area contributed by atoms with Crippen LogP contribution in [0.1, 0.15) is 22.8 Å². The molecule has 4 heteroatoms. The molecular formula is C17H19FO3. The van der Waals surface area contributed by atoms with E-state index in [1.54, 1.807) is 25.3 Å². The van der Waals surface area contributed by atoms with Crippen molar-refractivity contribution in [3.63, 3.8) is 0 Å². The van der Waals surface area contributed by atoms with Crippen LogP contribution in [0, 0.1) is 12.7 Å². The van der Waals surface area contributed by atoms with Gasteiger partial charge in [0.15, 0.2) is 11.6 Å². The lowest BCUT2D eigenvalue weighted by molar-refractivity contribution is 0.178. The third-order valence-electron chi connectivity index (χ3n) is 3.46. The molecule has 1 unspecified atom stereocenters. The van der Waals surface area contributed by atoms with E-state index in [9.17, 15) is 9.50 Å². The number of aliphatic hydroxyl groups is 1. The van der Waals surface area contributed by atoms with Crippen LogP contribution in [0.4, 0.5) is 4.39 Å². The van der Waals surface area contributed by atoms with Crippen LogP contribution < -0.4 is 9.47 Å². The highest BCUT2D eigenvalue weighted by Gasteiger charge is 2.12. The second kappa shape index (κ2) is 6.59. The fourth-order valence-corrected chi connectivity index (χ4v) is 2.22. The summed E-state index contributed by atoms with van der Waals surface area (Å²) in [6, 6.07) is 10.2. The first kappa shape index (κ1) is 15.3. The van der Waals surface area contributed by atoms with Gasteiger partial charge in [0.2, 0.25) is 0 Å². The Bertz CT molecular complexity index is 625. The van der Waals surface area contributed by atoms with Crippen LogP contribution in [0.5, 0.6) is 11.5 Å². The third kappa shape index (κ3) is 3.52. The number of ether oxygens (including phenoxy) is 2. The molecule has 0 heterocycles. The van der Waals surface area contributed by atoms with E-state index in [0.717, 1.165) is 16.9 Å². The molecule has 0 spiro atoms. The van der Waals surface area contributed by atoms with Crippen molar-refractivity contribution in [2.45, 2.75) is 19.4 Å². The second-order valence-corrected chi connectivity index (χ2v) is 4.92. The Morgan fingerprint density at radius 2 is 1.76 bits per heavy atom. The number of aryl methyl sites for hydroxylation is 1. The van der Waals surface area contributed by atoms with Crippen LogP contribution in [0.3, 0.4) is 0 Å². The zero-order valence-electron chi connectivity index (χ0n) is 12.4. The highest BCUT2D eigenvalue weighted by atomic mass is 19.1. The Hall–Kier alpha value is -2.07. The van der Waals surface area contributed by atoms with Gasteiger partial charge in [-0.25, -0.2) is 4.39 Å². The highest BCUT2D eigenvalue weighted by molar-refractivity contribution is 5.38. The molecule has 2 aromatic carbocycles. The van der Waals surface area contributed by atoms with Gasteiger partial charge in [-0.05, 0) is 41.8 Å². The van der Waals surface area contributed by atoms with E-state index >= 15 is 0 Å². The molecule has 0 amide bonds. The fraction of sp³-hybridized carbons (Fsp3) is 0.294. The van der Waals surface area contributed by atoms with E-state index < -0.39 is 11.9 Å². The van der Waals surface area contributed by atoms with Crippen LogP contribution in [0.25, 0.3) is 0 Å². The van der Waals surface area contributed by atoms with Crippen molar-refractivity contribution in [3.05, 3.63) is 58.9 Å². The SMILES string of the molecule is COc1cc(C(O)Cc2ccc(OC)c(F)c2)ccc1C. The van der Waals surface area contributed by atoms with E-state index in [1.165, 1.54) is 13.2 Å². The van der Waals surface area contributed by atoms with Crippen LogP contribution in [-0.4, -0.2) is 19.3 Å². The Labute approximate surface area is 124 Å². The van der Waals surface area contributed by atoms with E-state index in [0.29, 0.717) is 12.0 Å². The minimum atomic E-state index is -0.715. The molecule has 0 fully saturated rings. The quantitative estimate of drug-likeness (QED) is 0.917. The molecule has 0 aromatic heterocycles. The Morgan fingerprint density at radius 1 is 1.05 bits per heavy atom. The standard InChI is InChI=1S/C17H19FO3/c1-11-4-6-13(10-17(11)21-3)15(19)9-12-5-7-16(20-2)14(18)8-12/h4-8,10,15,19H,9H2,1-3H3. The number of hydrogen-bond acceptors (Lipinski definition) is 3. The van der Waals surface area contributed by atoms with Gasteiger partial charge in [-0.15, -0.1) is 0 Å². The molecule has 0 saturated carbocycles.